The van der Waals surface area contributed by atoms with Gasteiger partial charge in [-0.1, -0.05) is 0 Å². The lowest BCUT2D eigenvalue weighted by molar-refractivity contribution is -0.159. The molecule has 0 rings (SSSR count). The lowest BCUT2D eigenvalue weighted by atomic mass is 10.2. The molecule has 0 saturated carbocycles. The molecule has 0 heterocycles. The molecule has 19 heavy (non-hydrogen) atoms. The molecule has 0 bridgehead atoms. The van der Waals surface area contributed by atoms with Crippen LogP contribution < -0.4 is 0 Å². The molecule has 0 unspecified atom stereocenters. The second-order valence-electron chi connectivity index (χ2n) is 6.32. The Morgan fingerprint density at radius 1 is 1.05 bits per heavy atom. The summed E-state index contributed by atoms with van der Waals surface area (Å²) in [5, 5.41) is 0. The highest BCUT2D eigenvalue weighted by Crippen LogP contribution is 2.15. The number of hydrogen-bond acceptors (Lipinski definition) is 5. The van der Waals surface area contributed by atoms with Crippen LogP contribution >= 0.6 is 12.6 Å². The van der Waals surface area contributed by atoms with Crippen molar-refractivity contribution >= 4 is 24.7 Å². The monoisotopic (exact) mass is 291 g/mol. The van der Waals surface area contributed by atoms with Crippen LogP contribution in [0.3, 0.4) is 0 Å². The summed E-state index contributed by atoms with van der Waals surface area (Å²) >= 11 is 4.10. The van der Waals surface area contributed by atoms with Gasteiger partial charge >= 0.3 is 12.1 Å². The summed E-state index contributed by atoms with van der Waals surface area (Å²) in [6.45, 7) is 10.6. The zero-order chi connectivity index (χ0) is 15.4. The van der Waals surface area contributed by atoms with E-state index in [0.29, 0.717) is 0 Å². The number of thiol groups is 1. The van der Waals surface area contributed by atoms with Crippen LogP contribution in [0.1, 0.15) is 41.5 Å². The summed E-state index contributed by atoms with van der Waals surface area (Å²) in [6, 6.07) is -0.766. The number of likely N-dealkylation sites (N-methyl/N-ethyl adjacent to an activating group) is 1. The first-order chi connectivity index (χ1) is 8.37. The van der Waals surface area contributed by atoms with Gasteiger partial charge in [0.25, 0.3) is 0 Å². The van der Waals surface area contributed by atoms with Gasteiger partial charge < -0.3 is 9.47 Å². The molecule has 0 aromatic carbocycles. The quantitative estimate of drug-likeness (QED) is 0.641. The van der Waals surface area contributed by atoms with E-state index in [1.165, 1.54) is 11.9 Å². The fourth-order valence-electron chi connectivity index (χ4n) is 1.19. The van der Waals surface area contributed by atoms with Crippen molar-refractivity contribution in [1.29, 1.82) is 0 Å². The van der Waals surface area contributed by atoms with E-state index in [1.807, 2.05) is 0 Å². The largest absolute Gasteiger partial charge is 0.458 e. The fraction of sp³-hybridized carbons (Fsp3) is 0.846. The lowest BCUT2D eigenvalue weighted by Crippen LogP contribution is -2.48. The van der Waals surface area contributed by atoms with Gasteiger partial charge in [0, 0.05) is 12.8 Å². The molecule has 0 saturated heterocycles. The minimum atomic E-state index is -0.766. The van der Waals surface area contributed by atoms with Crippen LogP contribution in [-0.2, 0) is 14.3 Å². The smallest absolute Gasteiger partial charge is 0.410 e. The lowest BCUT2D eigenvalue weighted by Gasteiger charge is -2.30. The van der Waals surface area contributed by atoms with Gasteiger partial charge in [0.15, 0.2) is 0 Å². The number of esters is 1. The number of nitrogens with zero attached hydrogens (tertiary/aromatic N) is 1. The third kappa shape index (κ3) is 7.30. The van der Waals surface area contributed by atoms with Gasteiger partial charge in [-0.3, -0.25) is 4.90 Å². The van der Waals surface area contributed by atoms with Crippen molar-refractivity contribution in [2.24, 2.45) is 0 Å². The van der Waals surface area contributed by atoms with Gasteiger partial charge in [-0.15, -0.1) is 0 Å². The van der Waals surface area contributed by atoms with E-state index < -0.39 is 29.3 Å². The van der Waals surface area contributed by atoms with E-state index in [1.54, 1.807) is 41.5 Å². The van der Waals surface area contributed by atoms with E-state index >= 15 is 0 Å². The standard InChI is InChI=1S/C13H25NO4S/c1-12(2,3)17-10(15)9(8-19)14(7)11(16)18-13(4,5)6/h9,19H,8H2,1-7H3/t9-/m0/s1. The highest BCUT2D eigenvalue weighted by molar-refractivity contribution is 7.80. The van der Waals surface area contributed by atoms with E-state index in [2.05, 4.69) is 12.6 Å². The molecule has 6 heteroatoms. The van der Waals surface area contributed by atoms with Crippen molar-refractivity contribution in [2.75, 3.05) is 12.8 Å². The Kier molecular flexibility index (Phi) is 6.19. The van der Waals surface area contributed by atoms with Crippen LogP contribution in [-0.4, -0.2) is 47.0 Å². The van der Waals surface area contributed by atoms with Gasteiger partial charge in [0.2, 0.25) is 0 Å². The van der Waals surface area contributed by atoms with Crippen molar-refractivity contribution in [3.8, 4) is 0 Å². The molecule has 0 radical (unpaired) electrons. The molecule has 0 aliphatic carbocycles. The van der Waals surface area contributed by atoms with E-state index in [9.17, 15) is 9.59 Å². The Morgan fingerprint density at radius 3 is 1.79 bits per heavy atom. The molecule has 1 amide bonds. The summed E-state index contributed by atoms with van der Waals surface area (Å²) in [7, 11) is 1.50. The third-order valence-corrected chi connectivity index (χ3v) is 2.35. The molecule has 0 fully saturated rings. The second-order valence-corrected chi connectivity index (χ2v) is 6.69. The Balaban J connectivity index is 4.77. The van der Waals surface area contributed by atoms with E-state index in [4.69, 9.17) is 9.47 Å². The maximum absolute atomic E-state index is 12.0. The summed E-state index contributed by atoms with van der Waals surface area (Å²) < 4.78 is 10.5. The molecule has 1 atom stereocenters. The van der Waals surface area contributed by atoms with Gasteiger partial charge in [-0.25, -0.2) is 9.59 Å². The zero-order valence-electron chi connectivity index (χ0n) is 12.8. The first-order valence-electron chi connectivity index (χ1n) is 6.17. The Labute approximate surface area is 121 Å². The first-order valence-corrected chi connectivity index (χ1v) is 6.80. The second kappa shape index (κ2) is 6.50. The minimum Gasteiger partial charge on any atom is -0.458 e. The molecular weight excluding hydrogens is 266 g/mol. The van der Waals surface area contributed by atoms with Crippen LogP contribution in [0.25, 0.3) is 0 Å². The Hall–Kier alpha value is -0.910. The average molecular weight is 291 g/mol. The molecule has 0 aromatic heterocycles. The highest BCUT2D eigenvalue weighted by Gasteiger charge is 2.32. The van der Waals surface area contributed by atoms with Gasteiger partial charge in [0.1, 0.15) is 17.2 Å². The normalized spacial score (nSPS) is 13.7. The maximum Gasteiger partial charge on any atom is 0.410 e. The topological polar surface area (TPSA) is 55.8 Å². The number of carbonyl (C=O) groups is 2. The third-order valence-electron chi connectivity index (χ3n) is 2.00. The minimum absolute atomic E-state index is 0.171. The first kappa shape index (κ1) is 18.1. The molecule has 5 nitrogen and oxygen atoms in total. The summed E-state index contributed by atoms with van der Waals surface area (Å²) in [5.74, 6) is -0.319. The van der Waals surface area contributed by atoms with Crippen molar-refractivity contribution in [1.82, 2.24) is 4.90 Å². The summed E-state index contributed by atoms with van der Waals surface area (Å²) in [4.78, 5) is 25.1. The number of amides is 1. The van der Waals surface area contributed by atoms with Crippen molar-refractivity contribution in [3.05, 3.63) is 0 Å². The number of rotatable bonds is 3. The molecule has 0 aromatic rings. The molecule has 0 N–H and O–H groups in total. The van der Waals surface area contributed by atoms with E-state index in [-0.39, 0.29) is 5.75 Å². The number of ether oxygens (including phenoxy) is 2. The molecule has 112 valence electrons. The number of carbonyl (C=O) groups excluding carboxylic acids is 2. The van der Waals surface area contributed by atoms with Crippen LogP contribution in [0.15, 0.2) is 0 Å². The van der Waals surface area contributed by atoms with Gasteiger partial charge in [0.05, 0.1) is 0 Å². The predicted molar refractivity (Wildman–Crippen MR) is 77.5 cm³/mol. The van der Waals surface area contributed by atoms with Gasteiger partial charge in [-0.05, 0) is 41.5 Å². The van der Waals surface area contributed by atoms with Crippen LogP contribution in [0.4, 0.5) is 4.79 Å². The molecular formula is C13H25NO4S. The highest BCUT2D eigenvalue weighted by atomic mass is 32.1. The maximum atomic E-state index is 12.0. The van der Waals surface area contributed by atoms with Crippen LogP contribution in [0, 0.1) is 0 Å². The van der Waals surface area contributed by atoms with Crippen molar-refractivity contribution < 1.29 is 19.1 Å². The van der Waals surface area contributed by atoms with E-state index in [0.717, 1.165) is 0 Å². The Morgan fingerprint density at radius 2 is 1.47 bits per heavy atom. The molecule has 0 aliphatic heterocycles. The SMILES string of the molecule is CN(C(=O)OC(C)(C)C)[C@@H](CS)C(=O)OC(C)(C)C. The van der Waals surface area contributed by atoms with Crippen LogP contribution in [0.5, 0.6) is 0 Å². The molecule has 0 spiro atoms. The van der Waals surface area contributed by atoms with Crippen molar-refractivity contribution in [3.63, 3.8) is 0 Å². The summed E-state index contributed by atoms with van der Waals surface area (Å²) in [6.07, 6.45) is -0.572. The Bertz CT molecular complexity index is 331. The van der Waals surface area contributed by atoms with Gasteiger partial charge in [-0.2, -0.15) is 12.6 Å². The summed E-state index contributed by atoms with van der Waals surface area (Å²) in [5.41, 5.74) is -1.21. The predicted octanol–water partition coefficient (Wildman–Crippen LogP) is 2.49. The average Bonchev–Trinajstić information content (AvgIpc) is 2.12. The van der Waals surface area contributed by atoms with Crippen molar-refractivity contribution in [2.45, 2.75) is 58.8 Å². The zero-order valence-corrected chi connectivity index (χ0v) is 13.7. The fourth-order valence-corrected chi connectivity index (χ4v) is 1.58. The molecule has 0 aliphatic rings. The van der Waals surface area contributed by atoms with Crippen LogP contribution in [0.2, 0.25) is 0 Å². The number of hydrogen-bond donors (Lipinski definition) is 1.